The third-order valence-electron chi connectivity index (χ3n) is 3.55. The van der Waals surface area contributed by atoms with Crippen molar-refractivity contribution in [3.63, 3.8) is 0 Å². The second-order valence-corrected chi connectivity index (χ2v) is 5.21. The van der Waals surface area contributed by atoms with E-state index in [2.05, 4.69) is 41.4 Å². The Labute approximate surface area is 116 Å². The van der Waals surface area contributed by atoms with Gasteiger partial charge in [0.05, 0.1) is 13.2 Å². The number of nitrogens with one attached hydrogen (secondary N) is 1. The summed E-state index contributed by atoms with van der Waals surface area (Å²) in [7, 11) is 0. The number of rotatable bonds is 7. The fourth-order valence-electron chi connectivity index (χ4n) is 2.36. The first-order valence-corrected chi connectivity index (χ1v) is 7.47. The van der Waals surface area contributed by atoms with Crippen molar-refractivity contribution in [3.05, 3.63) is 35.4 Å². The molecule has 1 aromatic rings. The van der Waals surface area contributed by atoms with E-state index in [4.69, 9.17) is 4.74 Å². The second kappa shape index (κ2) is 8.31. The van der Waals surface area contributed by atoms with Crippen molar-refractivity contribution in [1.29, 1.82) is 0 Å². The molecule has 1 aliphatic rings. The lowest BCUT2D eigenvalue weighted by molar-refractivity contribution is 0.0342. The first kappa shape index (κ1) is 14.5. The molecule has 0 radical (unpaired) electrons. The molecule has 1 N–H and O–H groups in total. The van der Waals surface area contributed by atoms with E-state index in [0.717, 1.165) is 52.4 Å². The average molecular weight is 262 g/mol. The molecule has 1 heterocycles. The molecule has 0 unspecified atom stereocenters. The number of hydrogen-bond donors (Lipinski definition) is 1. The molecule has 1 saturated heterocycles. The van der Waals surface area contributed by atoms with Crippen LogP contribution in [0.4, 0.5) is 0 Å². The van der Waals surface area contributed by atoms with Gasteiger partial charge in [0.25, 0.3) is 0 Å². The third kappa shape index (κ3) is 5.31. The lowest BCUT2D eigenvalue weighted by atomic mass is 10.1. The lowest BCUT2D eigenvalue weighted by Crippen LogP contribution is -2.35. The normalized spacial score (nSPS) is 16.7. The summed E-state index contributed by atoms with van der Waals surface area (Å²) in [6, 6.07) is 9.07. The van der Waals surface area contributed by atoms with Gasteiger partial charge in [-0.15, -0.1) is 0 Å². The molecule has 0 bridgehead atoms. The first-order valence-electron chi connectivity index (χ1n) is 7.47. The van der Waals surface area contributed by atoms with Gasteiger partial charge in [0.2, 0.25) is 0 Å². The van der Waals surface area contributed by atoms with Crippen LogP contribution in [0, 0.1) is 0 Å². The maximum absolute atomic E-state index is 5.37. The fourth-order valence-corrected chi connectivity index (χ4v) is 2.36. The largest absolute Gasteiger partial charge is 0.379 e. The van der Waals surface area contributed by atoms with Crippen LogP contribution in [0.1, 0.15) is 24.5 Å². The van der Waals surface area contributed by atoms with Crippen LogP contribution in [0.25, 0.3) is 0 Å². The summed E-state index contributed by atoms with van der Waals surface area (Å²) in [6.07, 6.45) is 2.33. The predicted octanol–water partition coefficient (Wildman–Crippen LogP) is 2.06. The minimum absolute atomic E-state index is 0.876. The van der Waals surface area contributed by atoms with Crippen LogP contribution in [0.3, 0.4) is 0 Å². The molecule has 3 nitrogen and oxygen atoms in total. The van der Waals surface area contributed by atoms with Crippen molar-refractivity contribution in [2.24, 2.45) is 0 Å². The van der Waals surface area contributed by atoms with E-state index in [1.165, 1.54) is 17.5 Å². The fraction of sp³-hybridized carbons (Fsp3) is 0.625. The Balaban J connectivity index is 1.74. The Bertz CT molecular complexity index is 344. The summed E-state index contributed by atoms with van der Waals surface area (Å²) in [5, 5.41) is 3.44. The van der Waals surface area contributed by atoms with Crippen LogP contribution in [0.5, 0.6) is 0 Å². The van der Waals surface area contributed by atoms with Crippen molar-refractivity contribution in [2.45, 2.75) is 26.3 Å². The van der Waals surface area contributed by atoms with E-state index >= 15 is 0 Å². The molecule has 0 aliphatic carbocycles. The molecule has 0 aromatic heterocycles. The molecule has 19 heavy (non-hydrogen) atoms. The van der Waals surface area contributed by atoms with Gasteiger partial charge in [-0.1, -0.05) is 31.2 Å². The first-order chi connectivity index (χ1) is 9.38. The molecule has 0 spiro atoms. The van der Waals surface area contributed by atoms with Gasteiger partial charge in [0.15, 0.2) is 0 Å². The highest BCUT2D eigenvalue weighted by Crippen LogP contribution is 2.09. The number of morpholine rings is 1. The van der Waals surface area contributed by atoms with Crippen LogP contribution in [0.15, 0.2) is 24.3 Å². The zero-order chi connectivity index (χ0) is 13.3. The van der Waals surface area contributed by atoms with Crippen LogP contribution in [-0.2, 0) is 17.7 Å². The molecule has 0 saturated carbocycles. The Kier molecular flexibility index (Phi) is 6.34. The molecule has 0 atom stereocenters. The smallest absolute Gasteiger partial charge is 0.0594 e. The van der Waals surface area contributed by atoms with E-state index in [-0.39, 0.29) is 0 Å². The van der Waals surface area contributed by atoms with Gasteiger partial charge in [-0.3, -0.25) is 4.90 Å². The summed E-state index contributed by atoms with van der Waals surface area (Å²) >= 11 is 0. The number of ether oxygens (including phenoxy) is 1. The van der Waals surface area contributed by atoms with Crippen molar-refractivity contribution in [1.82, 2.24) is 10.2 Å². The number of hydrogen-bond acceptors (Lipinski definition) is 3. The minimum Gasteiger partial charge on any atom is -0.379 e. The van der Waals surface area contributed by atoms with Gasteiger partial charge in [-0.25, -0.2) is 0 Å². The Morgan fingerprint density at radius 1 is 1.05 bits per heavy atom. The second-order valence-electron chi connectivity index (χ2n) is 5.21. The maximum Gasteiger partial charge on any atom is 0.0594 e. The highest BCUT2D eigenvalue weighted by Gasteiger charge is 2.10. The number of benzene rings is 1. The SMILES string of the molecule is CCCNCCc1ccc(CN2CCOCC2)cc1. The average Bonchev–Trinajstić information content (AvgIpc) is 2.46. The molecule has 1 aliphatic heterocycles. The molecular formula is C16H26N2O. The van der Waals surface area contributed by atoms with E-state index < -0.39 is 0 Å². The zero-order valence-electron chi connectivity index (χ0n) is 12.0. The van der Waals surface area contributed by atoms with Crippen molar-refractivity contribution in [2.75, 3.05) is 39.4 Å². The summed E-state index contributed by atoms with van der Waals surface area (Å²) in [5.41, 5.74) is 2.83. The van der Waals surface area contributed by atoms with E-state index in [0.29, 0.717) is 0 Å². The van der Waals surface area contributed by atoms with Gasteiger partial charge >= 0.3 is 0 Å². The van der Waals surface area contributed by atoms with Crippen LogP contribution in [0.2, 0.25) is 0 Å². The Hall–Kier alpha value is -0.900. The summed E-state index contributed by atoms with van der Waals surface area (Å²) < 4.78 is 5.37. The molecule has 1 aromatic carbocycles. The molecule has 2 rings (SSSR count). The topological polar surface area (TPSA) is 24.5 Å². The van der Waals surface area contributed by atoms with Gasteiger partial charge in [-0.05, 0) is 37.1 Å². The molecule has 1 fully saturated rings. The minimum atomic E-state index is 0.876. The van der Waals surface area contributed by atoms with Crippen molar-refractivity contribution in [3.8, 4) is 0 Å². The van der Waals surface area contributed by atoms with Gasteiger partial charge in [-0.2, -0.15) is 0 Å². The summed E-state index contributed by atoms with van der Waals surface area (Å²) in [6.45, 7) is 9.32. The van der Waals surface area contributed by atoms with E-state index in [9.17, 15) is 0 Å². The molecule has 106 valence electrons. The Morgan fingerprint density at radius 2 is 1.74 bits per heavy atom. The van der Waals surface area contributed by atoms with Crippen LogP contribution >= 0.6 is 0 Å². The highest BCUT2D eigenvalue weighted by atomic mass is 16.5. The van der Waals surface area contributed by atoms with Crippen LogP contribution < -0.4 is 5.32 Å². The molecule has 0 amide bonds. The van der Waals surface area contributed by atoms with Gasteiger partial charge in [0, 0.05) is 19.6 Å². The van der Waals surface area contributed by atoms with E-state index in [1.54, 1.807) is 0 Å². The quantitative estimate of drug-likeness (QED) is 0.761. The molecular weight excluding hydrogens is 236 g/mol. The predicted molar refractivity (Wildman–Crippen MR) is 79.4 cm³/mol. The highest BCUT2D eigenvalue weighted by molar-refractivity contribution is 5.22. The third-order valence-corrected chi connectivity index (χ3v) is 3.55. The monoisotopic (exact) mass is 262 g/mol. The standard InChI is InChI=1S/C16H26N2O/c1-2-8-17-9-7-15-3-5-16(6-4-15)14-18-10-12-19-13-11-18/h3-6,17H,2,7-14H2,1H3. The lowest BCUT2D eigenvalue weighted by Gasteiger charge is -2.26. The van der Waals surface area contributed by atoms with Crippen LogP contribution in [-0.4, -0.2) is 44.3 Å². The van der Waals surface area contributed by atoms with E-state index in [1.807, 2.05) is 0 Å². The van der Waals surface area contributed by atoms with Gasteiger partial charge < -0.3 is 10.1 Å². The summed E-state index contributed by atoms with van der Waals surface area (Å²) in [4.78, 5) is 2.46. The summed E-state index contributed by atoms with van der Waals surface area (Å²) in [5.74, 6) is 0. The number of nitrogens with zero attached hydrogens (tertiary/aromatic N) is 1. The van der Waals surface area contributed by atoms with Gasteiger partial charge in [0.1, 0.15) is 0 Å². The molecule has 3 heteroatoms. The maximum atomic E-state index is 5.37. The van der Waals surface area contributed by atoms with Crippen molar-refractivity contribution >= 4 is 0 Å². The van der Waals surface area contributed by atoms with Crippen molar-refractivity contribution < 1.29 is 4.74 Å². The Morgan fingerprint density at radius 3 is 2.42 bits per heavy atom. The zero-order valence-corrected chi connectivity index (χ0v) is 12.0.